The zero-order valence-corrected chi connectivity index (χ0v) is 10.5. The van der Waals surface area contributed by atoms with Gasteiger partial charge in [-0.05, 0) is 29.8 Å². The normalized spacial score (nSPS) is 10.7. The largest absolute Gasteiger partial charge is 0.396 e. The molecule has 1 heterocycles. The maximum absolute atomic E-state index is 9.02. The van der Waals surface area contributed by atoms with Crippen molar-refractivity contribution in [3.8, 4) is 0 Å². The van der Waals surface area contributed by atoms with Crippen LogP contribution in [0, 0.1) is 0 Å². The van der Waals surface area contributed by atoms with Gasteiger partial charge in [-0.1, -0.05) is 0 Å². The Morgan fingerprint density at radius 1 is 1.53 bits per heavy atom. The highest BCUT2D eigenvalue weighted by Gasteiger charge is 2.15. The van der Waals surface area contributed by atoms with E-state index in [1.165, 1.54) is 0 Å². The van der Waals surface area contributed by atoms with Crippen LogP contribution in [0.15, 0.2) is 16.9 Å². The molecule has 0 saturated heterocycles. The van der Waals surface area contributed by atoms with Gasteiger partial charge in [-0.3, -0.25) is 4.98 Å². The summed E-state index contributed by atoms with van der Waals surface area (Å²) in [6.45, 7) is 4.78. The Morgan fingerprint density at radius 2 is 2.20 bits per heavy atom. The van der Waals surface area contributed by atoms with Crippen LogP contribution >= 0.6 is 15.9 Å². The summed E-state index contributed by atoms with van der Waals surface area (Å²) in [5, 5.41) is 9.02. The zero-order chi connectivity index (χ0) is 11.4. The Morgan fingerprint density at radius 3 is 2.67 bits per heavy atom. The summed E-state index contributed by atoms with van der Waals surface area (Å²) in [6.07, 6.45) is 3.32. The van der Waals surface area contributed by atoms with Crippen LogP contribution in [0.5, 0.6) is 0 Å². The molecular formula is C10H16BrN3O. The smallest absolute Gasteiger partial charge is 0.0779 e. The van der Waals surface area contributed by atoms with Crippen LogP contribution < -0.4 is 10.6 Å². The number of rotatable bonds is 4. The molecular weight excluding hydrogens is 258 g/mol. The van der Waals surface area contributed by atoms with E-state index in [1.54, 1.807) is 12.4 Å². The molecule has 0 atom stereocenters. The van der Waals surface area contributed by atoms with Crippen LogP contribution in [0.4, 0.5) is 11.4 Å². The number of aromatic nitrogens is 1. The van der Waals surface area contributed by atoms with Crippen molar-refractivity contribution in [1.82, 2.24) is 4.98 Å². The average molecular weight is 274 g/mol. The number of hydrogen-bond acceptors (Lipinski definition) is 4. The molecule has 0 fully saturated rings. The van der Waals surface area contributed by atoms with Crippen LogP contribution in [-0.2, 0) is 0 Å². The molecule has 1 aromatic heterocycles. The average Bonchev–Trinajstić information content (AvgIpc) is 2.15. The number of nitrogens with two attached hydrogens (primary N) is 1. The molecule has 0 radical (unpaired) electrons. The second-order valence-corrected chi connectivity index (χ2v) is 4.42. The molecule has 0 saturated carbocycles. The highest BCUT2D eigenvalue weighted by molar-refractivity contribution is 9.10. The molecule has 0 bridgehead atoms. The molecule has 1 aromatic rings. The zero-order valence-electron chi connectivity index (χ0n) is 8.94. The van der Waals surface area contributed by atoms with E-state index in [1.807, 2.05) is 4.90 Å². The molecule has 3 N–H and O–H groups in total. The first kappa shape index (κ1) is 12.3. The van der Waals surface area contributed by atoms with Gasteiger partial charge in [0.15, 0.2) is 0 Å². The molecule has 0 amide bonds. The fourth-order valence-corrected chi connectivity index (χ4v) is 2.06. The summed E-state index contributed by atoms with van der Waals surface area (Å²) in [5.74, 6) is 0. The summed E-state index contributed by atoms with van der Waals surface area (Å²) in [6, 6.07) is 0.276. The number of anilines is 2. The van der Waals surface area contributed by atoms with Gasteiger partial charge in [-0.2, -0.15) is 0 Å². The molecule has 0 unspecified atom stereocenters. The van der Waals surface area contributed by atoms with E-state index in [-0.39, 0.29) is 12.6 Å². The van der Waals surface area contributed by atoms with Gasteiger partial charge >= 0.3 is 0 Å². The minimum Gasteiger partial charge on any atom is -0.396 e. The van der Waals surface area contributed by atoms with E-state index in [0.717, 1.165) is 10.2 Å². The number of nitrogens with zero attached hydrogens (tertiary/aromatic N) is 2. The Bertz CT molecular complexity index is 310. The fraction of sp³-hybridized carbons (Fsp3) is 0.500. The number of aliphatic hydroxyl groups excluding tert-OH is 1. The molecule has 5 heteroatoms. The third-order valence-electron chi connectivity index (χ3n) is 2.15. The van der Waals surface area contributed by atoms with Crippen molar-refractivity contribution in [2.75, 3.05) is 23.8 Å². The highest BCUT2D eigenvalue weighted by atomic mass is 79.9. The van der Waals surface area contributed by atoms with Gasteiger partial charge in [-0.15, -0.1) is 0 Å². The van der Waals surface area contributed by atoms with Gasteiger partial charge in [0.2, 0.25) is 0 Å². The number of pyridine rings is 1. The molecule has 4 nitrogen and oxygen atoms in total. The van der Waals surface area contributed by atoms with Crippen molar-refractivity contribution in [2.45, 2.75) is 19.9 Å². The van der Waals surface area contributed by atoms with E-state index >= 15 is 0 Å². The maximum atomic E-state index is 9.02. The van der Waals surface area contributed by atoms with Crippen molar-refractivity contribution in [1.29, 1.82) is 0 Å². The van der Waals surface area contributed by atoms with Crippen molar-refractivity contribution >= 4 is 27.3 Å². The summed E-state index contributed by atoms with van der Waals surface area (Å²) >= 11 is 3.42. The van der Waals surface area contributed by atoms with E-state index in [4.69, 9.17) is 10.8 Å². The first-order chi connectivity index (χ1) is 7.07. The Balaban J connectivity index is 3.10. The molecule has 0 spiro atoms. The molecule has 0 aromatic carbocycles. The SMILES string of the molecule is CC(C)N(CCO)c1c(N)cncc1Br. The summed E-state index contributed by atoms with van der Waals surface area (Å²) in [4.78, 5) is 6.03. The lowest BCUT2D eigenvalue weighted by atomic mass is 10.2. The standard InChI is InChI=1S/C10H16BrN3O/c1-7(2)14(3-4-15)10-8(11)5-13-6-9(10)12/h5-7,15H,3-4,12H2,1-2H3. The van der Waals surface area contributed by atoms with Gasteiger partial charge in [0.1, 0.15) is 0 Å². The number of hydrogen-bond donors (Lipinski definition) is 2. The minimum absolute atomic E-state index is 0.104. The lowest BCUT2D eigenvalue weighted by Crippen LogP contribution is -2.34. The van der Waals surface area contributed by atoms with Crippen molar-refractivity contribution in [3.63, 3.8) is 0 Å². The third-order valence-corrected chi connectivity index (χ3v) is 2.73. The van der Waals surface area contributed by atoms with Crippen LogP contribution in [0.3, 0.4) is 0 Å². The van der Waals surface area contributed by atoms with E-state index in [9.17, 15) is 0 Å². The summed E-state index contributed by atoms with van der Waals surface area (Å²) in [5.41, 5.74) is 7.39. The van der Waals surface area contributed by atoms with E-state index in [0.29, 0.717) is 12.2 Å². The quantitative estimate of drug-likeness (QED) is 0.876. The second-order valence-electron chi connectivity index (χ2n) is 3.57. The number of aliphatic hydroxyl groups is 1. The predicted octanol–water partition coefficient (Wildman–Crippen LogP) is 1.63. The van der Waals surface area contributed by atoms with Crippen LogP contribution in [0.1, 0.15) is 13.8 Å². The molecule has 0 aliphatic heterocycles. The first-order valence-corrected chi connectivity index (χ1v) is 5.63. The summed E-state index contributed by atoms with van der Waals surface area (Å²) < 4.78 is 0.852. The maximum Gasteiger partial charge on any atom is 0.0779 e. The van der Waals surface area contributed by atoms with Gasteiger partial charge in [-0.25, -0.2) is 0 Å². The van der Waals surface area contributed by atoms with Crippen LogP contribution in [-0.4, -0.2) is 29.3 Å². The number of nitrogen functional groups attached to an aromatic ring is 1. The monoisotopic (exact) mass is 273 g/mol. The van der Waals surface area contributed by atoms with Crippen LogP contribution in [0.2, 0.25) is 0 Å². The van der Waals surface area contributed by atoms with E-state index in [2.05, 4.69) is 34.8 Å². The van der Waals surface area contributed by atoms with E-state index < -0.39 is 0 Å². The van der Waals surface area contributed by atoms with Gasteiger partial charge in [0.05, 0.1) is 28.7 Å². The lowest BCUT2D eigenvalue weighted by Gasteiger charge is -2.30. The minimum atomic E-state index is 0.104. The van der Waals surface area contributed by atoms with Gasteiger partial charge in [0.25, 0.3) is 0 Å². The predicted molar refractivity (Wildman–Crippen MR) is 65.9 cm³/mol. The molecule has 84 valence electrons. The molecule has 15 heavy (non-hydrogen) atoms. The molecule has 0 aliphatic carbocycles. The van der Waals surface area contributed by atoms with Crippen LogP contribution in [0.25, 0.3) is 0 Å². The Hall–Kier alpha value is -0.810. The van der Waals surface area contributed by atoms with Crippen molar-refractivity contribution in [2.24, 2.45) is 0 Å². The van der Waals surface area contributed by atoms with Gasteiger partial charge < -0.3 is 15.7 Å². The molecule has 0 aliphatic rings. The second kappa shape index (κ2) is 5.32. The Labute approximate surface area is 98.2 Å². The number of halogens is 1. The fourth-order valence-electron chi connectivity index (χ4n) is 1.48. The summed E-state index contributed by atoms with van der Waals surface area (Å²) in [7, 11) is 0. The van der Waals surface area contributed by atoms with Crippen molar-refractivity contribution < 1.29 is 5.11 Å². The molecule has 1 rings (SSSR count). The van der Waals surface area contributed by atoms with Crippen molar-refractivity contribution in [3.05, 3.63) is 16.9 Å². The highest BCUT2D eigenvalue weighted by Crippen LogP contribution is 2.32. The topological polar surface area (TPSA) is 62.4 Å². The third kappa shape index (κ3) is 2.82. The Kier molecular flexibility index (Phi) is 4.35. The van der Waals surface area contributed by atoms with Gasteiger partial charge in [0, 0.05) is 18.8 Å². The first-order valence-electron chi connectivity index (χ1n) is 4.84. The lowest BCUT2D eigenvalue weighted by molar-refractivity contribution is 0.299.